The lowest BCUT2D eigenvalue weighted by Crippen LogP contribution is -2.42. The van der Waals surface area contributed by atoms with Gasteiger partial charge in [0, 0.05) is 32.0 Å². The van der Waals surface area contributed by atoms with E-state index in [1.54, 1.807) is 54.3 Å². The summed E-state index contributed by atoms with van der Waals surface area (Å²) >= 11 is 0. The van der Waals surface area contributed by atoms with Crippen LogP contribution in [0, 0.1) is 0 Å². The molecule has 0 atom stereocenters. The minimum Gasteiger partial charge on any atom is -0.508 e. The molecule has 1 heterocycles. The molecule has 2 amide bonds. The molecule has 3 rings (SSSR count). The summed E-state index contributed by atoms with van der Waals surface area (Å²) in [6.07, 6.45) is 0.902. The summed E-state index contributed by atoms with van der Waals surface area (Å²) < 4.78 is 16.4. The van der Waals surface area contributed by atoms with Gasteiger partial charge < -0.3 is 29.5 Å². The van der Waals surface area contributed by atoms with Crippen molar-refractivity contribution in [3.05, 3.63) is 54.1 Å². The van der Waals surface area contributed by atoms with Gasteiger partial charge >= 0.3 is 6.09 Å². The molecule has 0 aliphatic carbocycles. The van der Waals surface area contributed by atoms with Crippen molar-refractivity contribution in [1.29, 1.82) is 0 Å². The van der Waals surface area contributed by atoms with Crippen LogP contribution in [0.2, 0.25) is 0 Å². The van der Waals surface area contributed by atoms with Crippen molar-refractivity contribution in [3.8, 4) is 17.2 Å². The fourth-order valence-electron chi connectivity index (χ4n) is 3.36. The van der Waals surface area contributed by atoms with Gasteiger partial charge in [-0.15, -0.1) is 0 Å². The minimum atomic E-state index is -0.494. The normalized spacial score (nSPS) is 14.0. The average molecular weight is 428 g/mol. The van der Waals surface area contributed by atoms with E-state index in [2.05, 4.69) is 5.32 Å². The Morgan fingerprint density at radius 2 is 1.90 bits per heavy atom. The first-order valence-electron chi connectivity index (χ1n) is 10.4. The lowest BCUT2D eigenvalue weighted by atomic mass is 10.1. The minimum absolute atomic E-state index is 0.00806. The van der Waals surface area contributed by atoms with Crippen molar-refractivity contribution in [2.75, 3.05) is 32.8 Å². The first kappa shape index (κ1) is 22.3. The molecule has 8 nitrogen and oxygen atoms in total. The van der Waals surface area contributed by atoms with Crippen molar-refractivity contribution in [2.45, 2.75) is 25.9 Å². The van der Waals surface area contributed by atoms with Crippen LogP contribution < -0.4 is 14.8 Å². The number of likely N-dealkylation sites (tertiary alicyclic amines) is 1. The quantitative estimate of drug-likeness (QED) is 0.627. The lowest BCUT2D eigenvalue weighted by Gasteiger charge is -2.32. The number of hydrogen-bond acceptors (Lipinski definition) is 6. The highest BCUT2D eigenvalue weighted by Crippen LogP contribution is 2.25. The van der Waals surface area contributed by atoms with Gasteiger partial charge in [0.15, 0.2) is 0 Å². The van der Waals surface area contributed by atoms with E-state index < -0.39 is 6.09 Å². The Hall–Kier alpha value is -3.42. The maximum atomic E-state index is 13.0. The Kier molecular flexibility index (Phi) is 7.98. The Morgan fingerprint density at radius 1 is 1.13 bits per heavy atom. The van der Waals surface area contributed by atoms with E-state index in [4.69, 9.17) is 14.2 Å². The predicted octanol–water partition coefficient (Wildman–Crippen LogP) is 3.20. The van der Waals surface area contributed by atoms with Crippen molar-refractivity contribution >= 4 is 12.0 Å². The number of amides is 2. The highest BCUT2D eigenvalue weighted by atomic mass is 16.5. The molecule has 2 aromatic rings. The van der Waals surface area contributed by atoms with Crippen LogP contribution in [0.15, 0.2) is 48.5 Å². The van der Waals surface area contributed by atoms with Gasteiger partial charge in [0.1, 0.15) is 30.0 Å². The molecule has 1 aliphatic rings. The first-order valence-corrected chi connectivity index (χ1v) is 10.4. The lowest BCUT2D eigenvalue weighted by molar-refractivity contribution is 0.0591. The number of aromatic hydroxyl groups is 1. The number of nitrogens with zero attached hydrogens (tertiary/aromatic N) is 1. The fraction of sp³-hybridized carbons (Fsp3) is 0.391. The van der Waals surface area contributed by atoms with Gasteiger partial charge in [-0.25, -0.2) is 4.79 Å². The molecule has 0 aromatic heterocycles. The average Bonchev–Trinajstić information content (AvgIpc) is 2.77. The van der Waals surface area contributed by atoms with Gasteiger partial charge in [-0.1, -0.05) is 18.2 Å². The maximum absolute atomic E-state index is 13.0. The molecule has 2 N–H and O–H groups in total. The summed E-state index contributed by atoms with van der Waals surface area (Å²) in [4.78, 5) is 26.2. The molecule has 1 saturated heterocycles. The number of hydrogen-bond donors (Lipinski definition) is 2. The smallest absolute Gasteiger partial charge is 0.407 e. The van der Waals surface area contributed by atoms with Crippen LogP contribution in [-0.4, -0.2) is 61.0 Å². The molecule has 8 heteroatoms. The number of carbonyl (C=O) groups is 2. The highest BCUT2D eigenvalue weighted by Gasteiger charge is 2.26. The van der Waals surface area contributed by atoms with Crippen LogP contribution in [0.3, 0.4) is 0 Å². The molecule has 1 aliphatic heterocycles. The molecule has 0 saturated carbocycles. The Labute approximate surface area is 181 Å². The van der Waals surface area contributed by atoms with E-state index >= 15 is 0 Å². The SMILES string of the molecule is CCOC(=O)NCCOc1ccccc1C(=O)N1CCC(Oc2cccc(O)c2)CC1. The van der Waals surface area contributed by atoms with E-state index in [-0.39, 0.29) is 30.9 Å². The number of phenols is 1. The Balaban J connectivity index is 1.51. The van der Waals surface area contributed by atoms with E-state index in [1.165, 1.54) is 0 Å². The molecule has 0 spiro atoms. The number of phenolic OH excluding ortho intramolecular Hbond substituents is 1. The molecule has 0 unspecified atom stereocenters. The molecular weight excluding hydrogens is 400 g/mol. The third-order valence-corrected chi connectivity index (χ3v) is 4.87. The summed E-state index contributed by atoms with van der Waals surface area (Å²) in [7, 11) is 0. The predicted molar refractivity (Wildman–Crippen MR) is 115 cm³/mol. The molecule has 31 heavy (non-hydrogen) atoms. The molecular formula is C23H28N2O6. The van der Waals surface area contributed by atoms with Crippen molar-refractivity contribution in [2.24, 2.45) is 0 Å². The largest absolute Gasteiger partial charge is 0.508 e. The van der Waals surface area contributed by atoms with E-state index in [9.17, 15) is 14.7 Å². The number of nitrogens with one attached hydrogen (secondary N) is 1. The van der Waals surface area contributed by atoms with Crippen LogP contribution >= 0.6 is 0 Å². The third-order valence-electron chi connectivity index (χ3n) is 4.87. The first-order chi connectivity index (χ1) is 15.1. The van der Waals surface area contributed by atoms with Crippen LogP contribution in [-0.2, 0) is 4.74 Å². The van der Waals surface area contributed by atoms with Crippen LogP contribution in [0.25, 0.3) is 0 Å². The number of para-hydroxylation sites is 1. The zero-order chi connectivity index (χ0) is 22.1. The number of alkyl carbamates (subject to hydrolysis) is 1. The van der Waals surface area contributed by atoms with Crippen LogP contribution in [0.1, 0.15) is 30.1 Å². The monoisotopic (exact) mass is 428 g/mol. The number of carbonyl (C=O) groups excluding carboxylic acids is 2. The van der Waals surface area contributed by atoms with Gasteiger partial charge in [0.05, 0.1) is 18.7 Å². The number of ether oxygens (including phenoxy) is 3. The molecule has 0 bridgehead atoms. The summed E-state index contributed by atoms with van der Waals surface area (Å²) in [6.45, 7) is 3.68. The van der Waals surface area contributed by atoms with Crippen molar-refractivity contribution < 1.29 is 28.9 Å². The second kappa shape index (κ2) is 11.1. The number of benzene rings is 2. The van der Waals surface area contributed by atoms with Crippen LogP contribution in [0.5, 0.6) is 17.2 Å². The summed E-state index contributed by atoms with van der Waals surface area (Å²) in [5.74, 6) is 1.18. The number of rotatable bonds is 8. The third kappa shape index (κ3) is 6.53. The van der Waals surface area contributed by atoms with Gasteiger partial charge in [-0.05, 0) is 31.2 Å². The van der Waals surface area contributed by atoms with Gasteiger partial charge in [0.2, 0.25) is 0 Å². The second-order valence-corrected chi connectivity index (χ2v) is 7.10. The second-order valence-electron chi connectivity index (χ2n) is 7.10. The van der Waals surface area contributed by atoms with E-state index in [0.29, 0.717) is 49.6 Å². The summed E-state index contributed by atoms with van der Waals surface area (Å²) in [5.41, 5.74) is 0.492. The van der Waals surface area contributed by atoms with Gasteiger partial charge in [0.25, 0.3) is 5.91 Å². The zero-order valence-corrected chi connectivity index (χ0v) is 17.6. The van der Waals surface area contributed by atoms with E-state index in [0.717, 1.165) is 0 Å². The number of piperidine rings is 1. The van der Waals surface area contributed by atoms with Gasteiger partial charge in [-0.3, -0.25) is 4.79 Å². The molecule has 0 radical (unpaired) electrons. The summed E-state index contributed by atoms with van der Waals surface area (Å²) in [6, 6.07) is 13.8. The fourth-order valence-corrected chi connectivity index (χ4v) is 3.36. The summed E-state index contributed by atoms with van der Waals surface area (Å²) in [5, 5.41) is 12.1. The van der Waals surface area contributed by atoms with Crippen LogP contribution in [0.4, 0.5) is 4.79 Å². The van der Waals surface area contributed by atoms with Gasteiger partial charge in [-0.2, -0.15) is 0 Å². The molecule has 2 aromatic carbocycles. The van der Waals surface area contributed by atoms with Crippen molar-refractivity contribution in [3.63, 3.8) is 0 Å². The Bertz CT molecular complexity index is 880. The van der Waals surface area contributed by atoms with Crippen molar-refractivity contribution in [1.82, 2.24) is 10.2 Å². The van der Waals surface area contributed by atoms with E-state index in [1.807, 2.05) is 6.07 Å². The molecule has 166 valence electrons. The molecule has 1 fully saturated rings. The highest BCUT2D eigenvalue weighted by molar-refractivity contribution is 5.97. The topological polar surface area (TPSA) is 97.3 Å². The standard InChI is InChI=1S/C23H28N2O6/c1-2-29-23(28)24-12-15-30-21-9-4-3-8-20(21)22(27)25-13-10-18(11-14-25)31-19-7-5-6-17(26)16-19/h3-9,16,18,26H,2,10-15H2,1H3,(H,24,28). The Morgan fingerprint density at radius 3 is 2.65 bits per heavy atom. The zero-order valence-electron chi connectivity index (χ0n) is 17.6. The maximum Gasteiger partial charge on any atom is 0.407 e.